The van der Waals surface area contributed by atoms with Gasteiger partial charge in [-0.05, 0) is 19.1 Å². The summed E-state index contributed by atoms with van der Waals surface area (Å²) in [6, 6.07) is 3.43. The van der Waals surface area contributed by atoms with Gasteiger partial charge in [0.05, 0.1) is 21.6 Å². The molecular weight excluding hydrogens is 221 g/mol. The van der Waals surface area contributed by atoms with Crippen LogP contribution in [0.2, 0.25) is 10.0 Å². The Kier molecular flexibility index (Phi) is 2.39. The lowest BCUT2D eigenvalue weighted by atomic mass is 10.3. The van der Waals surface area contributed by atoms with E-state index in [0.717, 1.165) is 5.52 Å². The second kappa shape index (κ2) is 3.42. The molecule has 0 fully saturated rings. The summed E-state index contributed by atoms with van der Waals surface area (Å²) < 4.78 is 0. The van der Waals surface area contributed by atoms with Gasteiger partial charge in [0.15, 0.2) is 0 Å². The second-order valence-corrected chi connectivity index (χ2v) is 3.95. The molecule has 0 saturated carbocycles. The number of aromatic amines is 1. The van der Waals surface area contributed by atoms with Crippen molar-refractivity contribution in [3.05, 3.63) is 28.0 Å². The van der Waals surface area contributed by atoms with Crippen molar-refractivity contribution in [2.45, 2.75) is 13.0 Å². The number of nitrogens with zero attached hydrogens (tertiary/aromatic N) is 1. The van der Waals surface area contributed by atoms with Gasteiger partial charge in [0, 0.05) is 0 Å². The first-order valence-electron chi connectivity index (χ1n) is 4.19. The zero-order valence-corrected chi connectivity index (χ0v) is 9.02. The molecule has 0 aliphatic rings. The Morgan fingerprint density at radius 1 is 1.43 bits per heavy atom. The average Bonchev–Trinajstić information content (AvgIpc) is 2.56. The molecule has 5 heteroatoms. The lowest BCUT2D eigenvalue weighted by molar-refractivity contribution is 0.760. The molecule has 1 atom stereocenters. The van der Waals surface area contributed by atoms with E-state index in [1.807, 2.05) is 13.0 Å². The standard InChI is InChI=1S/C9H9Cl2N3/c1-4(12)9-13-6-3-2-5(10)7(11)8(6)14-9/h2-4H,12H2,1H3,(H,13,14)/t4-/m0/s1. The van der Waals surface area contributed by atoms with Crippen molar-refractivity contribution in [3.8, 4) is 0 Å². The normalized spacial score (nSPS) is 13.4. The van der Waals surface area contributed by atoms with E-state index in [1.165, 1.54) is 0 Å². The molecule has 0 unspecified atom stereocenters. The van der Waals surface area contributed by atoms with Gasteiger partial charge in [-0.25, -0.2) is 4.98 Å². The average molecular weight is 230 g/mol. The number of rotatable bonds is 1. The number of H-pyrrole nitrogens is 1. The number of nitrogens with two attached hydrogens (primary N) is 1. The molecule has 0 bridgehead atoms. The topological polar surface area (TPSA) is 54.7 Å². The van der Waals surface area contributed by atoms with E-state index >= 15 is 0 Å². The second-order valence-electron chi connectivity index (χ2n) is 3.17. The maximum atomic E-state index is 5.99. The van der Waals surface area contributed by atoms with E-state index in [-0.39, 0.29) is 6.04 Å². The van der Waals surface area contributed by atoms with Crippen LogP contribution < -0.4 is 5.73 Å². The van der Waals surface area contributed by atoms with Crippen LogP contribution in [0.4, 0.5) is 0 Å². The summed E-state index contributed by atoms with van der Waals surface area (Å²) >= 11 is 11.8. The van der Waals surface area contributed by atoms with Crippen LogP contribution in [0.15, 0.2) is 12.1 Å². The van der Waals surface area contributed by atoms with Crippen LogP contribution in [0.25, 0.3) is 11.0 Å². The van der Waals surface area contributed by atoms with Crippen LogP contribution in [0, 0.1) is 0 Å². The van der Waals surface area contributed by atoms with E-state index in [1.54, 1.807) is 6.07 Å². The number of aromatic nitrogens is 2. The van der Waals surface area contributed by atoms with E-state index in [4.69, 9.17) is 28.9 Å². The number of halogens is 2. The van der Waals surface area contributed by atoms with Gasteiger partial charge in [-0.2, -0.15) is 0 Å². The van der Waals surface area contributed by atoms with Crippen molar-refractivity contribution < 1.29 is 0 Å². The first-order valence-corrected chi connectivity index (χ1v) is 4.94. The maximum absolute atomic E-state index is 5.99. The summed E-state index contributed by atoms with van der Waals surface area (Å²) in [5.74, 6) is 0.712. The monoisotopic (exact) mass is 229 g/mol. The van der Waals surface area contributed by atoms with E-state index in [0.29, 0.717) is 21.4 Å². The fraction of sp³-hybridized carbons (Fsp3) is 0.222. The van der Waals surface area contributed by atoms with Crippen LogP contribution in [0.3, 0.4) is 0 Å². The zero-order chi connectivity index (χ0) is 10.3. The molecule has 1 aromatic carbocycles. The van der Waals surface area contributed by atoms with Crippen molar-refractivity contribution in [2.24, 2.45) is 5.73 Å². The first-order chi connectivity index (χ1) is 6.59. The minimum Gasteiger partial charge on any atom is -0.341 e. The predicted molar refractivity (Wildman–Crippen MR) is 58.7 cm³/mol. The molecule has 2 aromatic rings. The molecule has 0 aliphatic heterocycles. The molecule has 0 amide bonds. The van der Waals surface area contributed by atoms with Gasteiger partial charge in [0.25, 0.3) is 0 Å². The molecule has 1 aromatic heterocycles. The summed E-state index contributed by atoms with van der Waals surface area (Å²) in [6.07, 6.45) is 0. The smallest absolute Gasteiger partial charge is 0.124 e. The number of nitrogens with one attached hydrogen (secondary N) is 1. The van der Waals surface area contributed by atoms with E-state index in [2.05, 4.69) is 9.97 Å². The van der Waals surface area contributed by atoms with Crippen molar-refractivity contribution in [3.63, 3.8) is 0 Å². The molecule has 0 aliphatic carbocycles. The lowest BCUT2D eigenvalue weighted by Gasteiger charge is -1.96. The van der Waals surface area contributed by atoms with Crippen LogP contribution in [-0.4, -0.2) is 9.97 Å². The van der Waals surface area contributed by atoms with E-state index in [9.17, 15) is 0 Å². The Balaban J connectivity index is 2.71. The third kappa shape index (κ3) is 1.47. The summed E-state index contributed by atoms with van der Waals surface area (Å²) in [5.41, 5.74) is 7.22. The minimum absolute atomic E-state index is 0.141. The van der Waals surface area contributed by atoms with Crippen molar-refractivity contribution in [1.29, 1.82) is 0 Å². The van der Waals surface area contributed by atoms with Crippen molar-refractivity contribution in [1.82, 2.24) is 9.97 Å². The van der Waals surface area contributed by atoms with Crippen LogP contribution in [-0.2, 0) is 0 Å². The molecular formula is C9H9Cl2N3. The molecule has 74 valence electrons. The number of hydrogen-bond acceptors (Lipinski definition) is 2. The molecule has 1 heterocycles. The fourth-order valence-corrected chi connectivity index (χ4v) is 1.61. The molecule has 3 nitrogen and oxygen atoms in total. The van der Waals surface area contributed by atoms with Gasteiger partial charge in [-0.15, -0.1) is 0 Å². The Labute approximate surface area is 91.2 Å². The number of benzene rings is 1. The summed E-state index contributed by atoms with van der Waals surface area (Å²) in [5, 5.41) is 0.967. The third-order valence-corrected chi connectivity index (χ3v) is 2.79. The Hall–Kier alpha value is -0.770. The minimum atomic E-state index is -0.141. The molecule has 14 heavy (non-hydrogen) atoms. The zero-order valence-electron chi connectivity index (χ0n) is 7.51. The van der Waals surface area contributed by atoms with E-state index < -0.39 is 0 Å². The summed E-state index contributed by atoms with van der Waals surface area (Å²) in [7, 11) is 0. The van der Waals surface area contributed by atoms with Crippen molar-refractivity contribution in [2.75, 3.05) is 0 Å². The Bertz CT molecular complexity index is 476. The number of hydrogen-bond donors (Lipinski definition) is 2. The quantitative estimate of drug-likeness (QED) is 0.791. The van der Waals surface area contributed by atoms with Gasteiger partial charge in [-0.1, -0.05) is 23.2 Å². The maximum Gasteiger partial charge on any atom is 0.124 e. The number of fused-ring (bicyclic) bond motifs is 1. The molecule has 0 spiro atoms. The first kappa shape index (κ1) is 9.77. The lowest BCUT2D eigenvalue weighted by Crippen LogP contribution is -2.06. The van der Waals surface area contributed by atoms with Crippen molar-refractivity contribution >= 4 is 34.2 Å². The molecule has 0 radical (unpaired) electrons. The molecule has 3 N–H and O–H groups in total. The van der Waals surface area contributed by atoms with Gasteiger partial charge in [0.1, 0.15) is 11.3 Å². The van der Waals surface area contributed by atoms with Crippen LogP contribution in [0.5, 0.6) is 0 Å². The van der Waals surface area contributed by atoms with Crippen LogP contribution >= 0.6 is 23.2 Å². The largest absolute Gasteiger partial charge is 0.341 e. The Morgan fingerprint density at radius 3 is 2.79 bits per heavy atom. The number of imidazole rings is 1. The Morgan fingerprint density at radius 2 is 2.14 bits per heavy atom. The highest BCUT2D eigenvalue weighted by Crippen LogP contribution is 2.29. The molecule has 0 saturated heterocycles. The SMILES string of the molecule is C[C@H](N)c1nc2c(Cl)c(Cl)ccc2[nH]1. The van der Waals surface area contributed by atoms with Gasteiger partial charge >= 0.3 is 0 Å². The molecule has 2 rings (SSSR count). The highest BCUT2D eigenvalue weighted by atomic mass is 35.5. The van der Waals surface area contributed by atoms with Gasteiger partial charge in [0.2, 0.25) is 0 Å². The fourth-order valence-electron chi connectivity index (χ4n) is 1.25. The highest BCUT2D eigenvalue weighted by molar-refractivity contribution is 6.44. The van der Waals surface area contributed by atoms with Gasteiger partial charge in [-0.3, -0.25) is 0 Å². The van der Waals surface area contributed by atoms with Gasteiger partial charge < -0.3 is 10.7 Å². The van der Waals surface area contributed by atoms with Crippen LogP contribution in [0.1, 0.15) is 18.8 Å². The third-order valence-electron chi connectivity index (χ3n) is 2.00. The predicted octanol–water partition coefficient (Wildman–Crippen LogP) is 2.89. The summed E-state index contributed by atoms with van der Waals surface area (Å²) in [6.45, 7) is 1.85. The summed E-state index contributed by atoms with van der Waals surface area (Å²) in [4.78, 5) is 7.36. The highest BCUT2D eigenvalue weighted by Gasteiger charge is 2.10.